The third kappa shape index (κ3) is 6.80. The second kappa shape index (κ2) is 11.5. The largest absolute Gasteiger partial charge is 0.489 e. The van der Waals surface area contributed by atoms with E-state index in [1.165, 1.54) is 17.8 Å². The number of rotatable bonds is 9. The zero-order valence-electron chi connectivity index (χ0n) is 18.8. The Kier molecular flexibility index (Phi) is 7.93. The van der Waals surface area contributed by atoms with E-state index in [1.54, 1.807) is 30.3 Å². The molecule has 1 fully saturated rings. The predicted octanol–water partition coefficient (Wildman–Crippen LogP) is 4.35. The first-order valence-corrected chi connectivity index (χ1v) is 11.5. The maximum absolute atomic E-state index is 13.0. The fourth-order valence-electron chi connectivity index (χ4n) is 3.95. The summed E-state index contributed by atoms with van der Waals surface area (Å²) in [6.45, 7) is 6.07. The number of amides is 1. The van der Waals surface area contributed by atoms with Crippen LogP contribution in [0.15, 0.2) is 78.9 Å². The Labute approximate surface area is 194 Å². The van der Waals surface area contributed by atoms with Crippen LogP contribution in [0, 0.1) is 5.82 Å². The molecule has 5 nitrogen and oxygen atoms in total. The van der Waals surface area contributed by atoms with E-state index < -0.39 is 0 Å². The minimum absolute atomic E-state index is 0.101. The van der Waals surface area contributed by atoms with Crippen LogP contribution >= 0.6 is 0 Å². The molecule has 1 heterocycles. The molecule has 33 heavy (non-hydrogen) atoms. The van der Waals surface area contributed by atoms with Gasteiger partial charge < -0.3 is 15.0 Å². The van der Waals surface area contributed by atoms with Gasteiger partial charge in [0.2, 0.25) is 0 Å². The average molecular weight is 448 g/mol. The van der Waals surface area contributed by atoms with Crippen LogP contribution in [0.5, 0.6) is 5.75 Å². The quantitative estimate of drug-likeness (QED) is 0.496. The highest BCUT2D eigenvalue weighted by Crippen LogP contribution is 2.17. The lowest BCUT2D eigenvalue weighted by Gasteiger charge is -2.36. The zero-order valence-corrected chi connectivity index (χ0v) is 18.8. The van der Waals surface area contributed by atoms with Crippen LogP contribution in [-0.2, 0) is 6.61 Å². The molecule has 0 unspecified atom stereocenters. The number of anilines is 1. The van der Waals surface area contributed by atoms with Crippen molar-refractivity contribution in [2.24, 2.45) is 0 Å². The zero-order chi connectivity index (χ0) is 22.9. The predicted molar refractivity (Wildman–Crippen MR) is 129 cm³/mol. The summed E-state index contributed by atoms with van der Waals surface area (Å²) < 4.78 is 18.8. The summed E-state index contributed by atoms with van der Waals surface area (Å²) >= 11 is 0. The van der Waals surface area contributed by atoms with Crippen LogP contribution in [0.4, 0.5) is 10.1 Å². The van der Waals surface area contributed by atoms with Crippen LogP contribution in [0.3, 0.4) is 0 Å². The first-order valence-electron chi connectivity index (χ1n) is 11.5. The summed E-state index contributed by atoms with van der Waals surface area (Å²) in [6.07, 6.45) is 0.915. The number of halogens is 1. The van der Waals surface area contributed by atoms with Crippen molar-refractivity contribution in [3.63, 3.8) is 0 Å². The number of carbonyl (C=O) groups excluding carboxylic acids is 1. The van der Waals surface area contributed by atoms with E-state index in [2.05, 4.69) is 39.4 Å². The van der Waals surface area contributed by atoms with E-state index >= 15 is 0 Å². The molecule has 0 bridgehead atoms. The van der Waals surface area contributed by atoms with E-state index in [4.69, 9.17) is 4.74 Å². The molecule has 1 amide bonds. The summed E-state index contributed by atoms with van der Waals surface area (Å²) in [4.78, 5) is 17.4. The van der Waals surface area contributed by atoms with Gasteiger partial charge in [-0.3, -0.25) is 9.69 Å². The lowest BCUT2D eigenvalue weighted by Crippen LogP contribution is -2.47. The van der Waals surface area contributed by atoms with E-state index in [0.717, 1.165) is 44.7 Å². The first kappa shape index (κ1) is 22.8. The van der Waals surface area contributed by atoms with Gasteiger partial charge in [0.25, 0.3) is 5.91 Å². The lowest BCUT2D eigenvalue weighted by atomic mass is 10.2. The molecule has 1 aliphatic heterocycles. The number of nitrogens with one attached hydrogen (secondary N) is 1. The molecule has 0 radical (unpaired) electrons. The van der Waals surface area contributed by atoms with Gasteiger partial charge in [-0.1, -0.05) is 36.4 Å². The van der Waals surface area contributed by atoms with Gasteiger partial charge in [-0.25, -0.2) is 4.39 Å². The van der Waals surface area contributed by atoms with Crippen LogP contribution in [0.2, 0.25) is 0 Å². The highest BCUT2D eigenvalue weighted by Gasteiger charge is 2.16. The van der Waals surface area contributed by atoms with Crippen molar-refractivity contribution < 1.29 is 13.9 Å². The molecule has 172 valence electrons. The van der Waals surface area contributed by atoms with Crippen molar-refractivity contribution in [1.82, 2.24) is 10.2 Å². The SMILES string of the molecule is O=C(NCCCN1CCN(c2ccccc2)CC1)c1cccc(OCc2ccc(F)cc2)c1. The monoisotopic (exact) mass is 447 g/mol. The molecule has 1 N–H and O–H groups in total. The lowest BCUT2D eigenvalue weighted by molar-refractivity contribution is 0.0951. The number of hydrogen-bond acceptors (Lipinski definition) is 4. The Balaban J connectivity index is 1.16. The maximum atomic E-state index is 13.0. The van der Waals surface area contributed by atoms with Gasteiger partial charge in [-0.15, -0.1) is 0 Å². The van der Waals surface area contributed by atoms with Crippen LogP contribution in [-0.4, -0.2) is 50.1 Å². The van der Waals surface area contributed by atoms with Crippen LogP contribution in [0.1, 0.15) is 22.3 Å². The molecular weight excluding hydrogens is 417 g/mol. The third-order valence-electron chi connectivity index (χ3n) is 5.85. The minimum atomic E-state index is -0.271. The van der Waals surface area contributed by atoms with Gasteiger partial charge in [-0.2, -0.15) is 0 Å². The number of ether oxygens (including phenoxy) is 1. The number of benzene rings is 3. The van der Waals surface area contributed by atoms with Crippen LogP contribution < -0.4 is 15.0 Å². The standard InChI is InChI=1S/C27H30FN3O2/c28-24-12-10-22(11-13-24)21-33-26-9-4-6-23(20-26)27(32)29-14-5-15-30-16-18-31(19-17-30)25-7-2-1-3-8-25/h1-4,6-13,20H,5,14-19,21H2,(H,29,32). The van der Waals surface area contributed by atoms with Crippen molar-refractivity contribution in [3.05, 3.63) is 95.8 Å². The van der Waals surface area contributed by atoms with E-state index in [9.17, 15) is 9.18 Å². The van der Waals surface area contributed by atoms with Gasteiger partial charge in [0, 0.05) is 44.0 Å². The van der Waals surface area contributed by atoms with Crippen molar-refractivity contribution >= 4 is 11.6 Å². The Bertz CT molecular complexity index is 1020. The molecule has 3 aromatic rings. The van der Waals surface area contributed by atoms with Crippen molar-refractivity contribution in [2.45, 2.75) is 13.0 Å². The van der Waals surface area contributed by atoms with Crippen molar-refractivity contribution in [1.29, 1.82) is 0 Å². The highest BCUT2D eigenvalue weighted by atomic mass is 19.1. The molecule has 0 aliphatic carbocycles. The first-order chi connectivity index (χ1) is 16.2. The molecule has 0 spiro atoms. The number of nitrogens with zero attached hydrogens (tertiary/aromatic N) is 2. The number of carbonyl (C=O) groups is 1. The highest BCUT2D eigenvalue weighted by molar-refractivity contribution is 5.94. The summed E-state index contributed by atoms with van der Waals surface area (Å²) in [5.41, 5.74) is 2.73. The number of para-hydroxylation sites is 1. The van der Waals surface area contributed by atoms with Gasteiger partial charge >= 0.3 is 0 Å². The molecular formula is C27H30FN3O2. The molecule has 6 heteroatoms. The normalized spacial score (nSPS) is 14.2. The third-order valence-corrected chi connectivity index (χ3v) is 5.85. The summed E-state index contributed by atoms with van der Waals surface area (Å²) in [5.74, 6) is 0.242. The fourth-order valence-corrected chi connectivity index (χ4v) is 3.95. The minimum Gasteiger partial charge on any atom is -0.489 e. The second-order valence-electron chi connectivity index (χ2n) is 8.22. The Morgan fingerprint density at radius 1 is 0.909 bits per heavy atom. The van der Waals surface area contributed by atoms with Gasteiger partial charge in [-0.05, 0) is 61.0 Å². The van der Waals surface area contributed by atoms with Crippen molar-refractivity contribution in [2.75, 3.05) is 44.2 Å². The molecule has 4 rings (SSSR count). The van der Waals surface area contributed by atoms with Crippen molar-refractivity contribution in [3.8, 4) is 5.75 Å². The van der Waals surface area contributed by atoms with E-state index in [-0.39, 0.29) is 11.7 Å². The maximum Gasteiger partial charge on any atom is 0.251 e. The fraction of sp³-hybridized carbons (Fsp3) is 0.296. The van der Waals surface area contributed by atoms with E-state index in [0.29, 0.717) is 24.5 Å². The van der Waals surface area contributed by atoms with Crippen LogP contribution in [0.25, 0.3) is 0 Å². The average Bonchev–Trinajstić information content (AvgIpc) is 2.87. The van der Waals surface area contributed by atoms with Gasteiger partial charge in [0.05, 0.1) is 0 Å². The molecule has 1 saturated heterocycles. The van der Waals surface area contributed by atoms with E-state index in [1.807, 2.05) is 12.1 Å². The Hall–Kier alpha value is -3.38. The smallest absolute Gasteiger partial charge is 0.251 e. The molecule has 0 saturated carbocycles. The van der Waals surface area contributed by atoms with Gasteiger partial charge in [0.15, 0.2) is 0 Å². The topological polar surface area (TPSA) is 44.8 Å². The van der Waals surface area contributed by atoms with Gasteiger partial charge in [0.1, 0.15) is 18.2 Å². The molecule has 0 aromatic heterocycles. The summed E-state index contributed by atoms with van der Waals surface area (Å²) in [6, 6.07) is 23.9. The summed E-state index contributed by atoms with van der Waals surface area (Å²) in [5, 5.41) is 3.01. The molecule has 3 aromatic carbocycles. The second-order valence-corrected chi connectivity index (χ2v) is 8.22. The Morgan fingerprint density at radius 3 is 2.42 bits per heavy atom. The molecule has 1 aliphatic rings. The number of piperazine rings is 1. The summed E-state index contributed by atoms with van der Waals surface area (Å²) in [7, 11) is 0. The Morgan fingerprint density at radius 2 is 1.67 bits per heavy atom. The molecule has 0 atom stereocenters. The number of hydrogen-bond donors (Lipinski definition) is 1.